The molecule has 0 fully saturated rings. The summed E-state index contributed by atoms with van der Waals surface area (Å²) < 4.78 is 14.3. The highest BCUT2D eigenvalue weighted by molar-refractivity contribution is 9.10. The lowest BCUT2D eigenvalue weighted by Crippen LogP contribution is -2.32. The average Bonchev–Trinajstić information content (AvgIpc) is 2.82. The molecule has 0 aliphatic heterocycles. The van der Waals surface area contributed by atoms with E-state index in [4.69, 9.17) is 0 Å². The number of thiophene rings is 1. The minimum Gasteiger partial charge on any atom is -0.313 e. The molecule has 1 heterocycles. The number of benzene rings is 1. The van der Waals surface area contributed by atoms with Gasteiger partial charge in [0.15, 0.2) is 0 Å². The number of nitrogens with one attached hydrogen (secondary N) is 1. The zero-order valence-electron chi connectivity index (χ0n) is 11.2. The van der Waals surface area contributed by atoms with Gasteiger partial charge in [0.1, 0.15) is 5.82 Å². The van der Waals surface area contributed by atoms with E-state index in [1.165, 1.54) is 10.9 Å². The van der Waals surface area contributed by atoms with Crippen LogP contribution in [0.5, 0.6) is 0 Å². The third-order valence-electron chi connectivity index (χ3n) is 2.81. The second-order valence-corrected chi connectivity index (χ2v) is 7.46. The molecule has 1 aromatic heterocycles. The van der Waals surface area contributed by atoms with E-state index in [1.54, 1.807) is 35.2 Å². The standard InChI is InChI=1S/C15H17BrFNS2/c1-2-18-13(8-15-6-11(16)9-19-15)10-20-14-5-3-4-12(17)7-14/h3-7,9,13,18H,2,8,10H2,1H3. The molecule has 0 saturated heterocycles. The van der Waals surface area contributed by atoms with Gasteiger partial charge in [-0.3, -0.25) is 0 Å². The SMILES string of the molecule is CCNC(CSc1cccc(F)c1)Cc1cc(Br)cs1. The molecule has 1 N–H and O–H groups in total. The van der Waals surface area contributed by atoms with Gasteiger partial charge in [0, 0.05) is 31.4 Å². The molecule has 0 bridgehead atoms. The molecule has 2 aromatic rings. The van der Waals surface area contributed by atoms with Gasteiger partial charge in [0.2, 0.25) is 0 Å². The monoisotopic (exact) mass is 373 g/mol. The molecule has 0 aliphatic carbocycles. The molecule has 1 unspecified atom stereocenters. The van der Waals surface area contributed by atoms with E-state index in [0.717, 1.165) is 28.1 Å². The maximum absolute atomic E-state index is 13.2. The van der Waals surface area contributed by atoms with Crippen LogP contribution in [-0.4, -0.2) is 18.3 Å². The van der Waals surface area contributed by atoms with E-state index in [9.17, 15) is 4.39 Å². The molecule has 108 valence electrons. The van der Waals surface area contributed by atoms with Gasteiger partial charge in [0.05, 0.1) is 0 Å². The Labute approximate surface area is 136 Å². The summed E-state index contributed by atoms with van der Waals surface area (Å²) in [4.78, 5) is 2.35. The Bertz CT molecular complexity index is 544. The minimum atomic E-state index is -0.169. The fourth-order valence-electron chi connectivity index (χ4n) is 1.94. The predicted molar refractivity (Wildman–Crippen MR) is 90.3 cm³/mol. The molecular weight excluding hydrogens is 357 g/mol. The van der Waals surface area contributed by atoms with Gasteiger partial charge in [-0.15, -0.1) is 23.1 Å². The molecule has 0 saturated carbocycles. The zero-order valence-corrected chi connectivity index (χ0v) is 14.5. The number of thioether (sulfide) groups is 1. The third kappa shape index (κ3) is 5.20. The third-order valence-corrected chi connectivity index (χ3v) is 5.69. The van der Waals surface area contributed by atoms with Gasteiger partial charge in [0.25, 0.3) is 0 Å². The molecule has 0 radical (unpaired) electrons. The van der Waals surface area contributed by atoms with Crippen LogP contribution >= 0.6 is 39.0 Å². The summed E-state index contributed by atoms with van der Waals surface area (Å²) in [7, 11) is 0. The number of hydrogen-bond acceptors (Lipinski definition) is 3. The first-order chi connectivity index (χ1) is 9.67. The van der Waals surface area contributed by atoms with Gasteiger partial charge in [-0.05, 0) is 53.2 Å². The summed E-state index contributed by atoms with van der Waals surface area (Å²) in [5.41, 5.74) is 0. The smallest absolute Gasteiger partial charge is 0.124 e. The van der Waals surface area contributed by atoms with E-state index >= 15 is 0 Å². The quantitative estimate of drug-likeness (QED) is 0.688. The van der Waals surface area contributed by atoms with E-state index in [0.29, 0.717) is 6.04 Å². The van der Waals surface area contributed by atoms with Crippen molar-refractivity contribution in [1.29, 1.82) is 0 Å². The van der Waals surface area contributed by atoms with Crippen molar-refractivity contribution in [2.45, 2.75) is 24.3 Å². The van der Waals surface area contributed by atoms with Crippen molar-refractivity contribution in [2.75, 3.05) is 12.3 Å². The lowest BCUT2D eigenvalue weighted by Gasteiger charge is -2.16. The first-order valence-corrected chi connectivity index (χ1v) is 9.18. The summed E-state index contributed by atoms with van der Waals surface area (Å²) in [6, 6.07) is 9.36. The van der Waals surface area contributed by atoms with Gasteiger partial charge < -0.3 is 5.32 Å². The van der Waals surface area contributed by atoms with Crippen molar-refractivity contribution < 1.29 is 4.39 Å². The molecule has 0 spiro atoms. The van der Waals surface area contributed by atoms with Gasteiger partial charge in [-0.1, -0.05) is 13.0 Å². The van der Waals surface area contributed by atoms with Crippen LogP contribution in [0, 0.1) is 5.82 Å². The molecule has 1 atom stereocenters. The molecule has 0 amide bonds. The van der Waals surface area contributed by atoms with E-state index in [2.05, 4.69) is 39.6 Å². The van der Waals surface area contributed by atoms with Crippen LogP contribution in [0.1, 0.15) is 11.8 Å². The fourth-order valence-corrected chi connectivity index (χ4v) is 4.47. The number of likely N-dealkylation sites (N-methyl/N-ethyl adjacent to an activating group) is 1. The molecular formula is C15H17BrFNS2. The fraction of sp³-hybridized carbons (Fsp3) is 0.333. The van der Waals surface area contributed by atoms with Crippen LogP contribution in [0.3, 0.4) is 0 Å². The Morgan fingerprint density at radius 2 is 2.25 bits per heavy atom. The normalized spacial score (nSPS) is 12.6. The van der Waals surface area contributed by atoms with Gasteiger partial charge in [-0.2, -0.15) is 0 Å². The van der Waals surface area contributed by atoms with E-state index in [-0.39, 0.29) is 5.82 Å². The largest absolute Gasteiger partial charge is 0.313 e. The summed E-state index contributed by atoms with van der Waals surface area (Å²) in [6.07, 6.45) is 1.01. The number of rotatable bonds is 7. The van der Waals surface area contributed by atoms with Crippen molar-refractivity contribution in [3.05, 3.63) is 50.9 Å². The van der Waals surface area contributed by atoms with Crippen molar-refractivity contribution in [3.63, 3.8) is 0 Å². The van der Waals surface area contributed by atoms with Crippen LogP contribution in [0.15, 0.2) is 45.1 Å². The summed E-state index contributed by atoms with van der Waals surface area (Å²) in [5, 5.41) is 5.61. The first-order valence-electron chi connectivity index (χ1n) is 6.52. The van der Waals surface area contributed by atoms with Gasteiger partial charge >= 0.3 is 0 Å². The molecule has 5 heteroatoms. The Balaban J connectivity index is 1.91. The van der Waals surface area contributed by atoms with Crippen molar-refractivity contribution in [3.8, 4) is 0 Å². The lowest BCUT2D eigenvalue weighted by atomic mass is 10.2. The maximum Gasteiger partial charge on any atom is 0.124 e. The molecule has 1 aromatic carbocycles. The minimum absolute atomic E-state index is 0.169. The van der Waals surface area contributed by atoms with Crippen LogP contribution in [0.2, 0.25) is 0 Å². The second-order valence-electron chi connectivity index (χ2n) is 4.46. The first kappa shape index (κ1) is 16.0. The lowest BCUT2D eigenvalue weighted by molar-refractivity contribution is 0.576. The Morgan fingerprint density at radius 1 is 1.40 bits per heavy atom. The predicted octanol–water partition coefficient (Wildman–Crippen LogP) is 4.96. The van der Waals surface area contributed by atoms with Crippen LogP contribution in [0.4, 0.5) is 4.39 Å². The Kier molecular flexibility index (Phi) is 6.55. The highest BCUT2D eigenvalue weighted by Crippen LogP contribution is 2.24. The van der Waals surface area contributed by atoms with Crippen molar-refractivity contribution >= 4 is 39.0 Å². The zero-order chi connectivity index (χ0) is 14.4. The second kappa shape index (κ2) is 8.17. The van der Waals surface area contributed by atoms with Crippen LogP contribution in [-0.2, 0) is 6.42 Å². The summed E-state index contributed by atoms with van der Waals surface area (Å²) >= 11 is 6.96. The maximum atomic E-state index is 13.2. The van der Waals surface area contributed by atoms with Gasteiger partial charge in [-0.25, -0.2) is 4.39 Å². The highest BCUT2D eigenvalue weighted by Gasteiger charge is 2.11. The summed E-state index contributed by atoms with van der Waals surface area (Å²) in [5.74, 6) is 0.768. The number of hydrogen-bond donors (Lipinski definition) is 1. The number of halogens is 2. The molecule has 1 nitrogen and oxygen atoms in total. The molecule has 2 rings (SSSR count). The van der Waals surface area contributed by atoms with Crippen LogP contribution < -0.4 is 5.32 Å². The van der Waals surface area contributed by atoms with E-state index < -0.39 is 0 Å². The van der Waals surface area contributed by atoms with Crippen molar-refractivity contribution in [1.82, 2.24) is 5.32 Å². The highest BCUT2D eigenvalue weighted by atomic mass is 79.9. The molecule has 0 aliphatic rings. The Morgan fingerprint density at radius 3 is 2.90 bits per heavy atom. The topological polar surface area (TPSA) is 12.0 Å². The Hall–Kier alpha value is -0.360. The van der Waals surface area contributed by atoms with Crippen molar-refractivity contribution in [2.24, 2.45) is 0 Å². The average molecular weight is 374 g/mol. The van der Waals surface area contributed by atoms with Crippen LogP contribution in [0.25, 0.3) is 0 Å². The molecule has 20 heavy (non-hydrogen) atoms. The van der Waals surface area contributed by atoms with E-state index in [1.807, 2.05) is 6.07 Å². The summed E-state index contributed by atoms with van der Waals surface area (Å²) in [6.45, 7) is 3.06.